The lowest BCUT2D eigenvalue weighted by atomic mass is 10.4. The zero-order chi connectivity index (χ0) is 12.6. The highest BCUT2D eigenvalue weighted by atomic mass is 32.2. The van der Waals surface area contributed by atoms with Crippen molar-refractivity contribution in [3.8, 4) is 0 Å². The van der Waals surface area contributed by atoms with Crippen LogP contribution in [-0.4, -0.2) is 36.2 Å². The summed E-state index contributed by atoms with van der Waals surface area (Å²) < 4.78 is 3.77. The third-order valence-electron chi connectivity index (χ3n) is 2.51. The van der Waals surface area contributed by atoms with Gasteiger partial charge in [0.2, 0.25) is 0 Å². The second-order valence-corrected chi connectivity index (χ2v) is 4.65. The molecule has 7 heteroatoms. The van der Waals surface area contributed by atoms with Crippen molar-refractivity contribution in [1.82, 2.24) is 19.3 Å². The van der Waals surface area contributed by atoms with Crippen molar-refractivity contribution in [1.29, 1.82) is 0 Å². The Kier molecular flexibility index (Phi) is 3.10. The van der Waals surface area contributed by atoms with E-state index in [1.807, 2.05) is 30.1 Å². The number of aryl methyl sites for hydroxylation is 3. The van der Waals surface area contributed by atoms with E-state index in [9.17, 15) is 4.79 Å². The van der Waals surface area contributed by atoms with Crippen LogP contribution >= 0.6 is 11.8 Å². The van der Waals surface area contributed by atoms with Gasteiger partial charge in [0.25, 0.3) is 0 Å². The first-order chi connectivity index (χ1) is 8.04. The normalized spacial score (nSPS) is 11.2. The van der Waals surface area contributed by atoms with E-state index in [4.69, 9.17) is 5.11 Å². The molecule has 17 heavy (non-hydrogen) atoms. The monoisotopic (exact) mass is 254 g/mol. The van der Waals surface area contributed by atoms with Crippen molar-refractivity contribution in [2.75, 3.05) is 5.75 Å². The standard InChI is InChI=1S/C10H14N4O2S/c1-4-14-9-8(6(2)12-14)11-10(13(9)3)17-5-7(15)16/h4-5H2,1-3H3,(H,15,16). The van der Waals surface area contributed by atoms with Crippen LogP contribution in [0.3, 0.4) is 0 Å². The van der Waals surface area contributed by atoms with Crippen LogP contribution in [-0.2, 0) is 18.4 Å². The third kappa shape index (κ3) is 2.02. The Bertz CT molecular complexity index is 572. The second kappa shape index (κ2) is 4.40. The quantitative estimate of drug-likeness (QED) is 0.832. The number of aliphatic carboxylic acids is 1. The summed E-state index contributed by atoms with van der Waals surface area (Å²) in [6.07, 6.45) is 0. The van der Waals surface area contributed by atoms with Crippen LogP contribution in [0.2, 0.25) is 0 Å². The minimum atomic E-state index is -0.837. The zero-order valence-corrected chi connectivity index (χ0v) is 10.8. The van der Waals surface area contributed by atoms with Crippen molar-refractivity contribution in [3.05, 3.63) is 5.69 Å². The van der Waals surface area contributed by atoms with Gasteiger partial charge in [-0.2, -0.15) is 5.10 Å². The molecule has 92 valence electrons. The Morgan fingerprint density at radius 3 is 2.82 bits per heavy atom. The topological polar surface area (TPSA) is 72.9 Å². The summed E-state index contributed by atoms with van der Waals surface area (Å²) in [6, 6.07) is 0. The van der Waals surface area contributed by atoms with Gasteiger partial charge in [-0.05, 0) is 13.8 Å². The zero-order valence-electron chi connectivity index (χ0n) is 9.97. The number of hydrogen-bond donors (Lipinski definition) is 1. The van der Waals surface area contributed by atoms with Crippen molar-refractivity contribution < 1.29 is 9.90 Å². The maximum atomic E-state index is 10.6. The number of rotatable bonds is 4. The molecule has 0 atom stereocenters. The number of thioether (sulfide) groups is 1. The lowest BCUT2D eigenvalue weighted by Gasteiger charge is -2.02. The molecular weight excluding hydrogens is 240 g/mol. The van der Waals surface area contributed by atoms with E-state index in [0.717, 1.165) is 23.4 Å². The van der Waals surface area contributed by atoms with Gasteiger partial charge in [0.15, 0.2) is 10.8 Å². The smallest absolute Gasteiger partial charge is 0.313 e. The molecule has 0 amide bonds. The van der Waals surface area contributed by atoms with Crippen molar-refractivity contribution in [2.24, 2.45) is 7.05 Å². The SMILES string of the molecule is CCn1nc(C)c2nc(SCC(=O)O)n(C)c21. The molecule has 0 unspecified atom stereocenters. The Morgan fingerprint density at radius 2 is 2.24 bits per heavy atom. The summed E-state index contributed by atoms with van der Waals surface area (Å²) in [5, 5.41) is 13.8. The molecule has 0 aromatic carbocycles. The van der Waals surface area contributed by atoms with Crippen LogP contribution in [0.5, 0.6) is 0 Å². The van der Waals surface area contributed by atoms with Crippen LogP contribution in [0.15, 0.2) is 5.16 Å². The van der Waals surface area contributed by atoms with E-state index in [1.165, 1.54) is 11.8 Å². The van der Waals surface area contributed by atoms with Gasteiger partial charge in [-0.15, -0.1) is 0 Å². The highest BCUT2D eigenvalue weighted by Gasteiger charge is 2.16. The molecule has 6 nitrogen and oxygen atoms in total. The van der Waals surface area contributed by atoms with Crippen LogP contribution < -0.4 is 0 Å². The Hall–Kier alpha value is -1.50. The fourth-order valence-electron chi connectivity index (χ4n) is 1.76. The van der Waals surface area contributed by atoms with Gasteiger partial charge in [-0.3, -0.25) is 4.79 Å². The van der Waals surface area contributed by atoms with Gasteiger partial charge < -0.3 is 9.67 Å². The fourth-order valence-corrected chi connectivity index (χ4v) is 2.45. The van der Waals surface area contributed by atoms with Gasteiger partial charge in [-0.25, -0.2) is 9.67 Å². The predicted molar refractivity (Wildman–Crippen MR) is 65.3 cm³/mol. The maximum Gasteiger partial charge on any atom is 0.313 e. The van der Waals surface area contributed by atoms with E-state index in [1.54, 1.807) is 0 Å². The lowest BCUT2D eigenvalue weighted by molar-refractivity contribution is -0.133. The van der Waals surface area contributed by atoms with Gasteiger partial charge >= 0.3 is 5.97 Å². The molecule has 2 rings (SSSR count). The van der Waals surface area contributed by atoms with E-state index in [-0.39, 0.29) is 5.75 Å². The molecule has 0 radical (unpaired) electrons. The highest BCUT2D eigenvalue weighted by Crippen LogP contribution is 2.24. The largest absolute Gasteiger partial charge is 0.481 e. The molecule has 2 heterocycles. The number of carboxylic acid groups (broad SMARTS) is 1. The molecule has 0 aliphatic heterocycles. The first kappa shape index (κ1) is 12.0. The molecule has 0 saturated heterocycles. The Balaban J connectivity index is 2.46. The predicted octanol–water partition coefficient (Wildman–Crippen LogP) is 1.27. The van der Waals surface area contributed by atoms with Gasteiger partial charge in [0.1, 0.15) is 5.52 Å². The summed E-state index contributed by atoms with van der Waals surface area (Å²) in [5.74, 6) is -0.817. The summed E-state index contributed by atoms with van der Waals surface area (Å²) in [5.41, 5.74) is 2.67. The van der Waals surface area contributed by atoms with Crippen LogP contribution in [0.25, 0.3) is 11.2 Å². The first-order valence-electron chi connectivity index (χ1n) is 5.29. The summed E-state index contributed by atoms with van der Waals surface area (Å²) in [6.45, 7) is 4.70. The molecule has 2 aromatic heterocycles. The van der Waals surface area contributed by atoms with Crippen molar-refractivity contribution in [2.45, 2.75) is 25.5 Å². The van der Waals surface area contributed by atoms with Crippen LogP contribution in [0, 0.1) is 6.92 Å². The van der Waals surface area contributed by atoms with Crippen LogP contribution in [0.4, 0.5) is 0 Å². The summed E-state index contributed by atoms with van der Waals surface area (Å²) >= 11 is 1.22. The molecule has 0 spiro atoms. The van der Waals surface area contributed by atoms with Gasteiger partial charge in [0.05, 0.1) is 11.4 Å². The van der Waals surface area contributed by atoms with E-state index in [2.05, 4.69) is 10.1 Å². The lowest BCUT2D eigenvalue weighted by Crippen LogP contribution is -2.04. The average molecular weight is 254 g/mol. The fraction of sp³-hybridized carbons (Fsp3) is 0.500. The molecule has 0 aliphatic rings. The number of aromatic nitrogens is 4. The number of fused-ring (bicyclic) bond motifs is 1. The number of carboxylic acids is 1. The van der Waals surface area contributed by atoms with Gasteiger partial charge in [0, 0.05) is 13.6 Å². The Morgan fingerprint density at radius 1 is 1.53 bits per heavy atom. The number of carbonyl (C=O) groups is 1. The van der Waals surface area contributed by atoms with Crippen molar-refractivity contribution >= 4 is 28.9 Å². The Labute approximate surface area is 103 Å². The molecule has 2 aromatic rings. The number of imidazole rings is 1. The van der Waals surface area contributed by atoms with Crippen molar-refractivity contribution in [3.63, 3.8) is 0 Å². The molecular formula is C10H14N4O2S. The summed E-state index contributed by atoms with van der Waals surface area (Å²) in [4.78, 5) is 15.0. The average Bonchev–Trinajstić information content (AvgIpc) is 2.76. The molecule has 1 N–H and O–H groups in total. The first-order valence-corrected chi connectivity index (χ1v) is 6.27. The van der Waals surface area contributed by atoms with E-state index >= 15 is 0 Å². The van der Waals surface area contributed by atoms with Crippen LogP contribution in [0.1, 0.15) is 12.6 Å². The van der Waals surface area contributed by atoms with E-state index < -0.39 is 5.97 Å². The molecule has 0 aliphatic carbocycles. The molecule has 0 bridgehead atoms. The minimum Gasteiger partial charge on any atom is -0.481 e. The third-order valence-corrected chi connectivity index (χ3v) is 3.52. The maximum absolute atomic E-state index is 10.6. The minimum absolute atomic E-state index is 0.0199. The molecule has 0 saturated carbocycles. The summed E-state index contributed by atoms with van der Waals surface area (Å²) in [7, 11) is 1.88. The highest BCUT2D eigenvalue weighted by molar-refractivity contribution is 7.99. The van der Waals surface area contributed by atoms with Gasteiger partial charge in [-0.1, -0.05) is 11.8 Å². The second-order valence-electron chi connectivity index (χ2n) is 3.71. The molecule has 0 fully saturated rings. The van der Waals surface area contributed by atoms with E-state index in [0.29, 0.717) is 5.16 Å². The number of hydrogen-bond acceptors (Lipinski definition) is 4. The number of nitrogens with zero attached hydrogens (tertiary/aromatic N) is 4.